The van der Waals surface area contributed by atoms with E-state index in [9.17, 15) is 13.6 Å². The van der Waals surface area contributed by atoms with Gasteiger partial charge in [0.05, 0.1) is 5.69 Å². The smallest absolute Gasteiger partial charge is 0.255 e. The number of carbonyl (C=O) groups is 1. The molecule has 1 aromatic heterocycles. The number of amides is 1. The molecule has 6 nitrogen and oxygen atoms in total. The van der Waals surface area contributed by atoms with Crippen LogP contribution in [0.2, 0.25) is 0 Å². The zero-order valence-electron chi connectivity index (χ0n) is 12.0. The second-order valence-corrected chi connectivity index (χ2v) is 4.84. The predicted octanol–water partition coefficient (Wildman–Crippen LogP) is 2.50. The maximum Gasteiger partial charge on any atom is 0.255 e. The van der Waals surface area contributed by atoms with Crippen molar-refractivity contribution in [3.8, 4) is 5.69 Å². The first-order valence-corrected chi connectivity index (χ1v) is 6.65. The summed E-state index contributed by atoms with van der Waals surface area (Å²) in [6.07, 6.45) is 1.45. The van der Waals surface area contributed by atoms with Crippen molar-refractivity contribution in [3.63, 3.8) is 0 Å². The van der Waals surface area contributed by atoms with E-state index >= 15 is 0 Å². The summed E-state index contributed by atoms with van der Waals surface area (Å²) >= 11 is 0. The Morgan fingerprint density at radius 3 is 2.61 bits per heavy atom. The van der Waals surface area contributed by atoms with E-state index in [1.165, 1.54) is 17.1 Å². The molecule has 3 rings (SSSR count). The van der Waals surface area contributed by atoms with Gasteiger partial charge in [0.25, 0.3) is 5.91 Å². The molecule has 0 aliphatic heterocycles. The SMILES string of the molecule is Cc1cc(C(=O)Nc2ccc(F)c(F)c2)ccc1-n1cnnn1. The zero-order chi connectivity index (χ0) is 16.4. The summed E-state index contributed by atoms with van der Waals surface area (Å²) in [5, 5.41) is 13.4. The minimum absolute atomic E-state index is 0.177. The number of hydrogen-bond acceptors (Lipinski definition) is 4. The molecule has 0 bridgehead atoms. The Morgan fingerprint density at radius 1 is 1.13 bits per heavy atom. The number of carbonyl (C=O) groups excluding carboxylic acids is 1. The van der Waals surface area contributed by atoms with Gasteiger partial charge in [0.15, 0.2) is 11.6 Å². The highest BCUT2D eigenvalue weighted by molar-refractivity contribution is 6.04. The molecule has 1 heterocycles. The molecule has 0 radical (unpaired) electrons. The van der Waals surface area contributed by atoms with Gasteiger partial charge in [0, 0.05) is 17.3 Å². The van der Waals surface area contributed by atoms with Crippen LogP contribution in [0.5, 0.6) is 0 Å². The summed E-state index contributed by atoms with van der Waals surface area (Å²) < 4.78 is 27.5. The van der Waals surface area contributed by atoms with Crippen LogP contribution in [-0.2, 0) is 0 Å². The predicted molar refractivity (Wildman–Crippen MR) is 78.2 cm³/mol. The molecular formula is C15H11F2N5O. The lowest BCUT2D eigenvalue weighted by atomic mass is 10.1. The van der Waals surface area contributed by atoms with Gasteiger partial charge in [-0.2, -0.15) is 0 Å². The topological polar surface area (TPSA) is 72.7 Å². The normalized spacial score (nSPS) is 10.6. The lowest BCUT2D eigenvalue weighted by molar-refractivity contribution is 0.102. The molecule has 0 saturated heterocycles. The van der Waals surface area contributed by atoms with Crippen LogP contribution in [-0.4, -0.2) is 26.1 Å². The van der Waals surface area contributed by atoms with Crippen LogP contribution in [0.15, 0.2) is 42.7 Å². The fraction of sp³-hybridized carbons (Fsp3) is 0.0667. The summed E-state index contributed by atoms with van der Waals surface area (Å²) in [6.45, 7) is 1.81. The number of benzene rings is 2. The molecule has 0 unspecified atom stereocenters. The second kappa shape index (κ2) is 5.91. The number of rotatable bonds is 3. The Balaban J connectivity index is 1.82. The van der Waals surface area contributed by atoms with Crippen molar-refractivity contribution in [2.45, 2.75) is 6.92 Å². The van der Waals surface area contributed by atoms with Crippen LogP contribution < -0.4 is 5.32 Å². The van der Waals surface area contributed by atoms with Crippen molar-refractivity contribution in [2.75, 3.05) is 5.32 Å². The number of hydrogen-bond donors (Lipinski definition) is 1. The molecule has 0 atom stereocenters. The monoisotopic (exact) mass is 315 g/mol. The largest absolute Gasteiger partial charge is 0.322 e. The van der Waals surface area contributed by atoms with Gasteiger partial charge >= 0.3 is 0 Å². The van der Waals surface area contributed by atoms with Gasteiger partial charge in [-0.15, -0.1) is 5.10 Å². The zero-order valence-corrected chi connectivity index (χ0v) is 12.0. The molecule has 1 amide bonds. The Hall–Kier alpha value is -3.16. The third-order valence-electron chi connectivity index (χ3n) is 3.23. The van der Waals surface area contributed by atoms with Crippen molar-refractivity contribution in [1.29, 1.82) is 0 Å². The maximum absolute atomic E-state index is 13.2. The molecular weight excluding hydrogens is 304 g/mol. The van der Waals surface area contributed by atoms with Gasteiger partial charge in [-0.05, 0) is 53.2 Å². The van der Waals surface area contributed by atoms with Crippen LogP contribution in [0.3, 0.4) is 0 Å². The van der Waals surface area contributed by atoms with E-state index in [1.54, 1.807) is 18.2 Å². The van der Waals surface area contributed by atoms with Crippen LogP contribution in [0.4, 0.5) is 14.5 Å². The molecule has 8 heteroatoms. The van der Waals surface area contributed by atoms with Crippen molar-refractivity contribution in [1.82, 2.24) is 20.2 Å². The highest BCUT2D eigenvalue weighted by Gasteiger charge is 2.11. The van der Waals surface area contributed by atoms with E-state index in [0.29, 0.717) is 5.56 Å². The van der Waals surface area contributed by atoms with Crippen molar-refractivity contribution in [2.24, 2.45) is 0 Å². The van der Waals surface area contributed by atoms with E-state index in [-0.39, 0.29) is 5.69 Å². The van der Waals surface area contributed by atoms with Crippen molar-refractivity contribution >= 4 is 11.6 Å². The standard InChI is InChI=1S/C15H11F2N5O/c1-9-6-10(2-5-14(9)22-8-18-20-21-22)15(23)19-11-3-4-12(16)13(17)7-11/h2-8H,1H3,(H,19,23). The van der Waals surface area contributed by atoms with Crippen LogP contribution in [0, 0.1) is 18.6 Å². The average molecular weight is 315 g/mol. The van der Waals surface area contributed by atoms with Crippen LogP contribution in [0.25, 0.3) is 5.69 Å². The first kappa shape index (κ1) is 14.8. The first-order valence-electron chi connectivity index (χ1n) is 6.65. The number of nitrogens with zero attached hydrogens (tertiary/aromatic N) is 4. The number of halogens is 2. The molecule has 1 N–H and O–H groups in total. The summed E-state index contributed by atoms with van der Waals surface area (Å²) in [5.74, 6) is -2.42. The van der Waals surface area contributed by atoms with Gasteiger partial charge in [-0.3, -0.25) is 4.79 Å². The third kappa shape index (κ3) is 3.05. The van der Waals surface area contributed by atoms with Crippen LogP contribution >= 0.6 is 0 Å². The van der Waals surface area contributed by atoms with E-state index in [0.717, 1.165) is 23.4 Å². The molecule has 23 heavy (non-hydrogen) atoms. The van der Waals surface area contributed by atoms with E-state index in [1.807, 2.05) is 6.92 Å². The first-order chi connectivity index (χ1) is 11.0. The lowest BCUT2D eigenvalue weighted by Crippen LogP contribution is -2.13. The third-order valence-corrected chi connectivity index (χ3v) is 3.23. The molecule has 0 aliphatic carbocycles. The fourth-order valence-corrected chi connectivity index (χ4v) is 2.10. The van der Waals surface area contributed by atoms with E-state index in [2.05, 4.69) is 20.8 Å². The molecule has 0 spiro atoms. The highest BCUT2D eigenvalue weighted by Crippen LogP contribution is 2.17. The van der Waals surface area contributed by atoms with E-state index in [4.69, 9.17) is 0 Å². The Labute approximate surface area is 129 Å². The highest BCUT2D eigenvalue weighted by atomic mass is 19.2. The summed E-state index contributed by atoms with van der Waals surface area (Å²) in [5.41, 5.74) is 2.08. The number of aromatic nitrogens is 4. The molecule has 3 aromatic rings. The fourth-order valence-electron chi connectivity index (χ4n) is 2.10. The molecule has 116 valence electrons. The quantitative estimate of drug-likeness (QED) is 0.806. The van der Waals surface area contributed by atoms with Crippen molar-refractivity contribution < 1.29 is 13.6 Å². The van der Waals surface area contributed by atoms with Crippen LogP contribution in [0.1, 0.15) is 15.9 Å². The van der Waals surface area contributed by atoms with Gasteiger partial charge in [0.2, 0.25) is 0 Å². The number of anilines is 1. The van der Waals surface area contributed by atoms with Crippen molar-refractivity contribution in [3.05, 3.63) is 65.5 Å². The lowest BCUT2D eigenvalue weighted by Gasteiger charge is -2.09. The summed E-state index contributed by atoms with van der Waals surface area (Å²) in [6, 6.07) is 8.13. The number of tetrazole rings is 1. The molecule has 2 aromatic carbocycles. The Kier molecular flexibility index (Phi) is 3.80. The summed E-state index contributed by atoms with van der Waals surface area (Å²) in [7, 11) is 0. The number of aryl methyl sites for hydroxylation is 1. The number of nitrogens with one attached hydrogen (secondary N) is 1. The van der Waals surface area contributed by atoms with Gasteiger partial charge in [-0.25, -0.2) is 13.5 Å². The second-order valence-electron chi connectivity index (χ2n) is 4.84. The minimum Gasteiger partial charge on any atom is -0.322 e. The van der Waals surface area contributed by atoms with Gasteiger partial charge in [0.1, 0.15) is 6.33 Å². The Morgan fingerprint density at radius 2 is 1.96 bits per heavy atom. The van der Waals surface area contributed by atoms with E-state index < -0.39 is 17.5 Å². The Bertz CT molecular complexity index is 864. The molecule has 0 fully saturated rings. The average Bonchev–Trinajstić information content (AvgIpc) is 3.05. The van der Waals surface area contributed by atoms with Gasteiger partial charge < -0.3 is 5.32 Å². The molecule has 0 saturated carbocycles. The van der Waals surface area contributed by atoms with Gasteiger partial charge in [-0.1, -0.05) is 0 Å². The molecule has 0 aliphatic rings. The minimum atomic E-state index is -1.02. The maximum atomic E-state index is 13.2. The summed E-state index contributed by atoms with van der Waals surface area (Å²) in [4.78, 5) is 12.2.